The lowest BCUT2D eigenvalue weighted by atomic mass is 9.75. The van der Waals surface area contributed by atoms with Crippen LogP contribution in [0.1, 0.15) is 69.8 Å². The van der Waals surface area contributed by atoms with Crippen LogP contribution in [-0.2, 0) is 10.8 Å². The highest BCUT2D eigenvalue weighted by atomic mass is 15.5. The Labute approximate surface area is 199 Å². The molecule has 0 aromatic heterocycles. The highest BCUT2D eigenvalue weighted by Gasteiger charge is 2.29. The van der Waals surface area contributed by atoms with Crippen molar-refractivity contribution in [2.45, 2.75) is 58.4 Å². The fourth-order valence-corrected chi connectivity index (χ4v) is 4.41. The first kappa shape index (κ1) is 22.9. The van der Waals surface area contributed by atoms with E-state index >= 15 is 0 Å². The zero-order valence-electron chi connectivity index (χ0n) is 20.8. The smallest absolute Gasteiger partial charge is 0.0958 e. The Morgan fingerprint density at radius 2 is 1.30 bits per heavy atom. The van der Waals surface area contributed by atoms with Crippen molar-refractivity contribution in [3.63, 3.8) is 0 Å². The predicted octanol–water partition coefficient (Wildman–Crippen LogP) is 7.94. The lowest BCUT2D eigenvalue weighted by Gasteiger charge is -2.33. The molecule has 1 atom stereocenters. The number of hydrogen-bond acceptors (Lipinski definition) is 2. The van der Waals surface area contributed by atoms with Crippen molar-refractivity contribution in [2.24, 2.45) is 0 Å². The first-order valence-electron chi connectivity index (χ1n) is 11.8. The van der Waals surface area contributed by atoms with Crippen molar-refractivity contribution in [1.82, 2.24) is 5.43 Å². The standard InChI is InChI=1S/C31H36N2/c1-30(2,3)27-20-19-26(22-28(27)31(4,5)6)33-29(24-15-11-8-12-16-24)21-25(32-33)18-17-23-13-9-7-10-14-23/h7-22,29,32H,1-6H3. The molecule has 33 heavy (non-hydrogen) atoms. The second-order valence-electron chi connectivity index (χ2n) is 10.9. The molecule has 0 radical (unpaired) electrons. The fraction of sp³-hybridized carbons (Fsp3) is 0.290. The van der Waals surface area contributed by atoms with Crippen LogP contribution in [0.15, 0.2) is 96.7 Å². The van der Waals surface area contributed by atoms with E-state index in [9.17, 15) is 0 Å². The number of hydrazine groups is 1. The largest absolute Gasteiger partial charge is 0.298 e. The number of rotatable bonds is 4. The molecule has 0 aliphatic carbocycles. The first-order chi connectivity index (χ1) is 15.6. The van der Waals surface area contributed by atoms with Crippen LogP contribution in [0, 0.1) is 0 Å². The molecule has 3 aromatic carbocycles. The molecule has 0 bridgehead atoms. The summed E-state index contributed by atoms with van der Waals surface area (Å²) in [5.74, 6) is 0. The van der Waals surface area contributed by atoms with Gasteiger partial charge in [0.2, 0.25) is 0 Å². The van der Waals surface area contributed by atoms with E-state index in [4.69, 9.17) is 0 Å². The van der Waals surface area contributed by atoms with E-state index in [0.717, 1.165) is 5.70 Å². The molecule has 0 amide bonds. The molecule has 1 unspecified atom stereocenters. The molecule has 2 nitrogen and oxygen atoms in total. The molecule has 0 saturated heterocycles. The summed E-state index contributed by atoms with van der Waals surface area (Å²) in [7, 11) is 0. The van der Waals surface area contributed by atoms with E-state index in [1.807, 2.05) is 6.07 Å². The van der Waals surface area contributed by atoms with Gasteiger partial charge in [-0.15, -0.1) is 0 Å². The lowest BCUT2D eigenvalue weighted by molar-refractivity contribution is 0.529. The van der Waals surface area contributed by atoms with Crippen molar-refractivity contribution < 1.29 is 0 Å². The quantitative estimate of drug-likeness (QED) is 0.446. The second kappa shape index (κ2) is 8.94. The topological polar surface area (TPSA) is 15.3 Å². The van der Waals surface area contributed by atoms with Crippen LogP contribution in [-0.4, -0.2) is 0 Å². The third-order valence-electron chi connectivity index (χ3n) is 6.16. The molecular formula is C31H36N2. The minimum absolute atomic E-state index is 0.0596. The molecule has 0 fully saturated rings. The number of benzene rings is 3. The fourth-order valence-electron chi connectivity index (χ4n) is 4.41. The first-order valence-corrected chi connectivity index (χ1v) is 11.8. The molecule has 1 aliphatic rings. The lowest BCUT2D eigenvalue weighted by Crippen LogP contribution is -2.34. The van der Waals surface area contributed by atoms with Gasteiger partial charge in [-0.2, -0.15) is 0 Å². The molecule has 0 spiro atoms. The number of nitrogens with zero attached hydrogens (tertiary/aromatic N) is 1. The summed E-state index contributed by atoms with van der Waals surface area (Å²) < 4.78 is 0. The second-order valence-corrected chi connectivity index (χ2v) is 10.9. The Morgan fingerprint density at radius 3 is 1.91 bits per heavy atom. The minimum Gasteiger partial charge on any atom is -0.298 e. The molecule has 1 heterocycles. The summed E-state index contributed by atoms with van der Waals surface area (Å²) in [6.45, 7) is 13.8. The van der Waals surface area contributed by atoms with Gasteiger partial charge in [-0.3, -0.25) is 10.4 Å². The summed E-state index contributed by atoms with van der Waals surface area (Å²) in [6.07, 6.45) is 6.64. The van der Waals surface area contributed by atoms with Gasteiger partial charge in [0.15, 0.2) is 0 Å². The van der Waals surface area contributed by atoms with Crippen LogP contribution in [0.3, 0.4) is 0 Å². The summed E-state index contributed by atoms with van der Waals surface area (Å²) in [5, 5.41) is 2.29. The van der Waals surface area contributed by atoms with E-state index in [2.05, 4.69) is 143 Å². The average molecular weight is 437 g/mol. The summed E-state index contributed by atoms with van der Waals surface area (Å²) in [5.41, 5.74) is 11.4. The Kier molecular flexibility index (Phi) is 6.21. The van der Waals surface area contributed by atoms with Crippen molar-refractivity contribution in [3.05, 3.63) is 119 Å². The van der Waals surface area contributed by atoms with Gasteiger partial charge in [-0.25, -0.2) is 0 Å². The van der Waals surface area contributed by atoms with E-state index in [1.54, 1.807) is 0 Å². The highest BCUT2D eigenvalue weighted by Crippen LogP contribution is 2.39. The molecule has 170 valence electrons. The van der Waals surface area contributed by atoms with Crippen LogP contribution in [0.4, 0.5) is 5.69 Å². The maximum Gasteiger partial charge on any atom is 0.0958 e. The van der Waals surface area contributed by atoms with Gasteiger partial charge in [0, 0.05) is 0 Å². The number of hydrogen-bond donors (Lipinski definition) is 1. The van der Waals surface area contributed by atoms with E-state index in [0.29, 0.717) is 0 Å². The normalized spacial score (nSPS) is 16.7. The van der Waals surface area contributed by atoms with E-state index in [1.165, 1.54) is 27.9 Å². The monoisotopic (exact) mass is 436 g/mol. The Balaban J connectivity index is 1.73. The van der Waals surface area contributed by atoms with Gasteiger partial charge in [-0.05, 0) is 57.4 Å². The molecule has 3 aromatic rings. The van der Waals surface area contributed by atoms with Gasteiger partial charge >= 0.3 is 0 Å². The zero-order valence-corrected chi connectivity index (χ0v) is 20.8. The molecule has 4 rings (SSSR count). The van der Waals surface area contributed by atoms with Crippen LogP contribution < -0.4 is 10.4 Å². The van der Waals surface area contributed by atoms with E-state index in [-0.39, 0.29) is 16.9 Å². The van der Waals surface area contributed by atoms with Gasteiger partial charge in [0.1, 0.15) is 0 Å². The third kappa shape index (κ3) is 5.22. The van der Waals surface area contributed by atoms with Crippen molar-refractivity contribution >= 4 is 11.8 Å². The zero-order chi connectivity index (χ0) is 23.6. The van der Waals surface area contributed by atoms with Crippen LogP contribution in [0.2, 0.25) is 0 Å². The van der Waals surface area contributed by atoms with Gasteiger partial charge in [-0.1, -0.05) is 114 Å². The molecule has 2 heteroatoms. The highest BCUT2D eigenvalue weighted by molar-refractivity contribution is 5.60. The maximum absolute atomic E-state index is 3.67. The van der Waals surface area contributed by atoms with Gasteiger partial charge < -0.3 is 0 Å². The third-order valence-corrected chi connectivity index (χ3v) is 6.16. The van der Waals surface area contributed by atoms with E-state index < -0.39 is 0 Å². The minimum atomic E-state index is 0.0596. The Morgan fingerprint density at radius 1 is 0.697 bits per heavy atom. The number of allylic oxidation sites excluding steroid dienone is 1. The number of anilines is 1. The average Bonchev–Trinajstić information content (AvgIpc) is 3.22. The van der Waals surface area contributed by atoms with Crippen LogP contribution >= 0.6 is 0 Å². The number of nitrogens with one attached hydrogen (secondary N) is 1. The SMILES string of the molecule is CC(C)(C)c1ccc(N2NC(C=Cc3ccccc3)=CC2c2ccccc2)cc1C(C)(C)C. The Hall–Kier alpha value is -3.26. The molecule has 1 aliphatic heterocycles. The molecular weight excluding hydrogens is 400 g/mol. The maximum atomic E-state index is 3.67. The van der Waals surface area contributed by atoms with Crippen molar-refractivity contribution in [1.29, 1.82) is 0 Å². The summed E-state index contributed by atoms with van der Waals surface area (Å²) >= 11 is 0. The Bertz CT molecular complexity index is 1140. The van der Waals surface area contributed by atoms with Gasteiger partial charge in [0.25, 0.3) is 0 Å². The summed E-state index contributed by atoms with van der Waals surface area (Å²) in [6, 6.07) is 28.2. The van der Waals surface area contributed by atoms with Crippen LogP contribution in [0.5, 0.6) is 0 Å². The van der Waals surface area contributed by atoms with Crippen LogP contribution in [0.25, 0.3) is 6.08 Å². The molecule has 0 saturated carbocycles. The molecule has 1 N–H and O–H groups in total. The summed E-state index contributed by atoms with van der Waals surface area (Å²) in [4.78, 5) is 0. The van der Waals surface area contributed by atoms with Gasteiger partial charge in [0.05, 0.1) is 17.4 Å². The predicted molar refractivity (Wildman–Crippen MR) is 142 cm³/mol. The van der Waals surface area contributed by atoms with Crippen molar-refractivity contribution in [2.75, 3.05) is 5.01 Å². The van der Waals surface area contributed by atoms with Crippen molar-refractivity contribution in [3.8, 4) is 0 Å².